The van der Waals surface area contributed by atoms with E-state index >= 15 is 0 Å². The Labute approximate surface area is 264 Å². The Hall–Kier alpha value is -3.63. The average Bonchev–Trinajstić information content (AvgIpc) is 3.01. The maximum absolute atomic E-state index is 12.0. The second kappa shape index (κ2) is 26.7. The van der Waals surface area contributed by atoms with E-state index in [9.17, 15) is 49.2 Å². The molecule has 16 nitrogen and oxygen atoms in total. The van der Waals surface area contributed by atoms with Crippen molar-refractivity contribution in [1.82, 2.24) is 31.1 Å². The molecule has 0 aromatic carbocycles. The van der Waals surface area contributed by atoms with Gasteiger partial charge < -0.3 is 20.7 Å². The van der Waals surface area contributed by atoms with Gasteiger partial charge in [0.1, 0.15) is 6.29 Å². The van der Waals surface area contributed by atoms with E-state index in [1.807, 2.05) is 0 Å². The van der Waals surface area contributed by atoms with Crippen molar-refractivity contribution < 1.29 is 49.2 Å². The summed E-state index contributed by atoms with van der Waals surface area (Å²) < 4.78 is 0. The van der Waals surface area contributed by atoms with Gasteiger partial charge >= 0.3 is 0 Å². The maximum atomic E-state index is 12.0. The smallest absolute Gasteiger partial charge is 0.246 e. The monoisotopic (exact) mass is 644 g/mol. The fourth-order valence-electron chi connectivity index (χ4n) is 3.93. The first-order valence-corrected chi connectivity index (χ1v) is 15.7. The lowest BCUT2D eigenvalue weighted by Gasteiger charge is -2.15. The van der Waals surface area contributed by atoms with Gasteiger partial charge in [-0.1, -0.05) is 0 Å². The van der Waals surface area contributed by atoms with E-state index < -0.39 is 17.7 Å². The van der Waals surface area contributed by atoms with E-state index in [-0.39, 0.29) is 75.9 Å². The zero-order valence-corrected chi connectivity index (χ0v) is 26.5. The van der Waals surface area contributed by atoms with Gasteiger partial charge in [0.2, 0.25) is 35.4 Å². The Morgan fingerprint density at radius 3 is 1.22 bits per heavy atom. The van der Waals surface area contributed by atoms with Crippen LogP contribution in [-0.2, 0) is 33.6 Å². The maximum Gasteiger partial charge on any atom is 0.246 e. The number of unbranched alkanes of at least 4 members (excludes halogenated alkanes) is 6. The van der Waals surface area contributed by atoms with Gasteiger partial charge in [0.15, 0.2) is 0 Å². The minimum absolute atomic E-state index is 0.0564. The Bertz CT molecular complexity index is 920. The number of rotatable bonds is 27. The van der Waals surface area contributed by atoms with Crippen molar-refractivity contribution in [2.24, 2.45) is 0 Å². The Balaban J connectivity index is 3.77. The predicted octanol–water partition coefficient (Wildman–Crippen LogP) is 1.06. The molecule has 0 aliphatic heterocycles. The van der Waals surface area contributed by atoms with Crippen LogP contribution in [0.2, 0.25) is 0 Å². The van der Waals surface area contributed by atoms with Gasteiger partial charge in [-0.3, -0.25) is 44.4 Å². The van der Waals surface area contributed by atoms with E-state index in [1.165, 1.54) is 6.92 Å². The summed E-state index contributed by atoms with van der Waals surface area (Å²) in [6.45, 7) is 2.92. The molecule has 45 heavy (non-hydrogen) atoms. The number of nitrogens with zero attached hydrogens (tertiary/aromatic N) is 3. The van der Waals surface area contributed by atoms with Crippen LogP contribution in [-0.4, -0.2) is 112 Å². The lowest BCUT2D eigenvalue weighted by molar-refractivity contribution is -0.166. The molecular weight excluding hydrogens is 592 g/mol. The molecule has 0 unspecified atom stereocenters. The van der Waals surface area contributed by atoms with E-state index in [1.54, 1.807) is 0 Å². The van der Waals surface area contributed by atoms with Crippen molar-refractivity contribution in [2.45, 2.75) is 103 Å². The third-order valence-corrected chi connectivity index (χ3v) is 6.67. The average molecular weight is 645 g/mol. The van der Waals surface area contributed by atoms with Gasteiger partial charge in [0.05, 0.1) is 0 Å². The molecule has 0 atom stereocenters. The standard InChI is InChI=1S/C29H52N6O10/c1-24(37)33(43)20-8-2-5-18-31-26(39)13-15-29(42)35(45)22-10-4-7-19-32-27(40)14-16-28(41)34(44)21-9-3-6-17-30-25(38)12-11-23-36/h23,43-45H,2-22H2,1H3,(H,30,38)(H,31,39)(H,32,40). The highest BCUT2D eigenvalue weighted by Crippen LogP contribution is 2.03. The Morgan fingerprint density at radius 1 is 0.511 bits per heavy atom. The number of amides is 6. The lowest BCUT2D eigenvalue weighted by atomic mass is 10.2. The zero-order chi connectivity index (χ0) is 33.9. The molecule has 6 N–H and O–H groups in total. The molecule has 0 aromatic heterocycles. The number of hydrogen-bond acceptors (Lipinski definition) is 10. The molecule has 0 saturated heterocycles. The molecule has 0 heterocycles. The second-order valence-electron chi connectivity index (χ2n) is 10.6. The molecule has 0 aliphatic carbocycles. The molecule has 16 heteroatoms. The second-order valence-corrected chi connectivity index (χ2v) is 10.6. The summed E-state index contributed by atoms with van der Waals surface area (Å²) in [5.74, 6) is -2.38. The largest absolute Gasteiger partial charge is 0.356 e. The molecule has 0 spiro atoms. The number of hydrogen-bond donors (Lipinski definition) is 6. The number of aldehydes is 1. The van der Waals surface area contributed by atoms with Crippen LogP contribution in [0.3, 0.4) is 0 Å². The van der Waals surface area contributed by atoms with Crippen molar-refractivity contribution in [3.05, 3.63) is 0 Å². The molecule has 0 aromatic rings. The Morgan fingerprint density at radius 2 is 0.867 bits per heavy atom. The number of carbonyl (C=O) groups is 7. The van der Waals surface area contributed by atoms with Crippen molar-refractivity contribution in [3.63, 3.8) is 0 Å². The summed E-state index contributed by atoms with van der Waals surface area (Å²) in [5.41, 5.74) is 0. The summed E-state index contributed by atoms with van der Waals surface area (Å²) in [6, 6.07) is 0. The van der Waals surface area contributed by atoms with Crippen molar-refractivity contribution in [2.75, 3.05) is 39.3 Å². The predicted molar refractivity (Wildman–Crippen MR) is 161 cm³/mol. The fourth-order valence-corrected chi connectivity index (χ4v) is 3.93. The van der Waals surface area contributed by atoms with Gasteiger partial charge in [-0.15, -0.1) is 0 Å². The molecule has 0 saturated carbocycles. The molecule has 0 rings (SSSR count). The first-order valence-electron chi connectivity index (χ1n) is 15.7. The molecular formula is C29H52N6O10. The van der Waals surface area contributed by atoms with Gasteiger partial charge in [0, 0.05) is 84.7 Å². The van der Waals surface area contributed by atoms with Gasteiger partial charge in [-0.25, -0.2) is 15.2 Å². The third-order valence-electron chi connectivity index (χ3n) is 6.67. The van der Waals surface area contributed by atoms with Crippen LogP contribution in [0, 0.1) is 0 Å². The quantitative estimate of drug-likeness (QED) is 0.0322. The van der Waals surface area contributed by atoms with Crippen LogP contribution in [0.15, 0.2) is 0 Å². The molecule has 0 radical (unpaired) electrons. The van der Waals surface area contributed by atoms with Crippen LogP contribution in [0.4, 0.5) is 0 Å². The molecule has 0 aliphatic rings. The van der Waals surface area contributed by atoms with Crippen LogP contribution in [0.25, 0.3) is 0 Å². The van der Waals surface area contributed by atoms with Crippen LogP contribution < -0.4 is 16.0 Å². The molecule has 0 fully saturated rings. The summed E-state index contributed by atoms with van der Waals surface area (Å²) in [6.07, 6.45) is 6.19. The van der Waals surface area contributed by atoms with Crippen molar-refractivity contribution in [1.29, 1.82) is 0 Å². The summed E-state index contributed by atoms with van der Waals surface area (Å²) in [4.78, 5) is 80.4. The van der Waals surface area contributed by atoms with E-state index in [0.717, 1.165) is 0 Å². The van der Waals surface area contributed by atoms with Crippen molar-refractivity contribution >= 4 is 41.7 Å². The minimum atomic E-state index is -0.566. The van der Waals surface area contributed by atoms with Gasteiger partial charge in [-0.05, 0) is 57.8 Å². The van der Waals surface area contributed by atoms with Crippen LogP contribution in [0.1, 0.15) is 103 Å². The topological polar surface area (TPSA) is 226 Å². The normalized spacial score (nSPS) is 10.5. The van der Waals surface area contributed by atoms with Crippen LogP contribution >= 0.6 is 0 Å². The molecule has 258 valence electrons. The number of nitrogens with one attached hydrogen (secondary N) is 3. The van der Waals surface area contributed by atoms with E-state index in [0.29, 0.717) is 98.9 Å². The van der Waals surface area contributed by atoms with E-state index in [2.05, 4.69) is 16.0 Å². The summed E-state index contributed by atoms with van der Waals surface area (Å²) in [5, 5.41) is 38.9. The van der Waals surface area contributed by atoms with Gasteiger partial charge in [-0.2, -0.15) is 0 Å². The number of carbonyl (C=O) groups excluding carboxylic acids is 7. The Kier molecular flexibility index (Phi) is 24.6. The first-order chi connectivity index (χ1) is 21.5. The highest BCUT2D eigenvalue weighted by atomic mass is 16.5. The fraction of sp³-hybridized carbons (Fsp3) is 0.759. The minimum Gasteiger partial charge on any atom is -0.356 e. The summed E-state index contributed by atoms with van der Waals surface area (Å²) >= 11 is 0. The SMILES string of the molecule is CC(=O)N(O)CCCCCNC(=O)CCC(=O)N(O)CCCCCNC(=O)CCC(=O)N(O)CCCCCNC(=O)CCC=O. The summed E-state index contributed by atoms with van der Waals surface area (Å²) in [7, 11) is 0. The zero-order valence-electron chi connectivity index (χ0n) is 26.5. The van der Waals surface area contributed by atoms with E-state index in [4.69, 9.17) is 0 Å². The van der Waals surface area contributed by atoms with Crippen LogP contribution in [0.5, 0.6) is 0 Å². The highest BCUT2D eigenvalue weighted by Gasteiger charge is 2.14. The lowest BCUT2D eigenvalue weighted by Crippen LogP contribution is -2.31. The molecule has 6 amide bonds. The van der Waals surface area contributed by atoms with Gasteiger partial charge in [0.25, 0.3) is 0 Å². The highest BCUT2D eigenvalue weighted by molar-refractivity contribution is 5.83. The van der Waals surface area contributed by atoms with Crippen molar-refractivity contribution in [3.8, 4) is 0 Å². The first kappa shape index (κ1) is 41.4. The number of hydroxylamine groups is 6. The molecule has 0 bridgehead atoms. The third kappa shape index (κ3) is 24.4.